The number of aryl methyl sites for hydroxylation is 1. The van der Waals surface area contributed by atoms with Crippen LogP contribution in [0.25, 0.3) is 22.0 Å². The van der Waals surface area contributed by atoms with Gasteiger partial charge in [0.15, 0.2) is 0 Å². The fraction of sp³-hybridized carbons (Fsp3) is 0.0588. The molecule has 2 aromatic carbocycles. The number of halogens is 2. The normalized spacial score (nSPS) is 10.9. The topological polar surface area (TPSA) is 50.2 Å². The fourth-order valence-electron chi connectivity index (χ4n) is 2.40. The molecule has 0 spiro atoms. The van der Waals surface area contributed by atoms with Gasteiger partial charge in [-0.25, -0.2) is 9.18 Å². The van der Waals surface area contributed by atoms with Crippen LogP contribution in [0.1, 0.15) is 15.9 Å². The Labute approximate surface area is 131 Å². The van der Waals surface area contributed by atoms with E-state index in [1.807, 2.05) is 0 Å². The zero-order chi connectivity index (χ0) is 15.9. The SMILES string of the molecule is Cc1ccc(-c2c(Cl)cnc3ccc(C(=O)O)cc23)c(F)c1. The molecule has 0 radical (unpaired) electrons. The van der Waals surface area contributed by atoms with Crippen LogP contribution in [-0.2, 0) is 0 Å². The number of hydrogen-bond acceptors (Lipinski definition) is 2. The van der Waals surface area contributed by atoms with E-state index in [2.05, 4.69) is 4.98 Å². The average Bonchev–Trinajstić information content (AvgIpc) is 2.47. The van der Waals surface area contributed by atoms with E-state index in [0.29, 0.717) is 22.0 Å². The highest BCUT2D eigenvalue weighted by atomic mass is 35.5. The zero-order valence-electron chi connectivity index (χ0n) is 11.6. The summed E-state index contributed by atoms with van der Waals surface area (Å²) in [7, 11) is 0. The summed E-state index contributed by atoms with van der Waals surface area (Å²) < 4.78 is 14.3. The standard InChI is InChI=1S/C17H11ClFNO2/c1-9-2-4-11(14(19)6-9)16-12-7-10(17(21)22)3-5-15(12)20-8-13(16)18/h2-8H,1H3,(H,21,22). The summed E-state index contributed by atoms with van der Waals surface area (Å²) >= 11 is 6.20. The quantitative estimate of drug-likeness (QED) is 0.745. The molecule has 0 aliphatic heterocycles. The maximum Gasteiger partial charge on any atom is 0.335 e. The number of rotatable bonds is 2. The Hall–Kier alpha value is -2.46. The summed E-state index contributed by atoms with van der Waals surface area (Å²) in [5, 5.41) is 9.92. The van der Waals surface area contributed by atoms with Gasteiger partial charge in [-0.3, -0.25) is 4.98 Å². The first kappa shape index (κ1) is 14.5. The summed E-state index contributed by atoms with van der Waals surface area (Å²) in [5.41, 5.74) is 2.23. The number of benzene rings is 2. The Morgan fingerprint density at radius 3 is 2.68 bits per heavy atom. The second-order valence-corrected chi connectivity index (χ2v) is 5.41. The molecule has 0 aliphatic carbocycles. The minimum absolute atomic E-state index is 0.102. The van der Waals surface area contributed by atoms with Crippen molar-refractivity contribution in [2.24, 2.45) is 0 Å². The van der Waals surface area contributed by atoms with Gasteiger partial charge in [0.1, 0.15) is 5.82 Å². The third-order valence-corrected chi connectivity index (χ3v) is 3.75. The number of aromatic nitrogens is 1. The number of fused-ring (bicyclic) bond motifs is 1. The van der Waals surface area contributed by atoms with E-state index in [4.69, 9.17) is 16.7 Å². The molecule has 0 atom stereocenters. The minimum atomic E-state index is -1.06. The number of hydrogen-bond donors (Lipinski definition) is 1. The van der Waals surface area contributed by atoms with Crippen molar-refractivity contribution in [3.05, 3.63) is 64.6 Å². The second-order valence-electron chi connectivity index (χ2n) is 5.00. The third kappa shape index (κ3) is 2.42. The molecule has 0 aliphatic rings. The zero-order valence-corrected chi connectivity index (χ0v) is 12.4. The number of carbonyl (C=O) groups is 1. The van der Waals surface area contributed by atoms with Crippen molar-refractivity contribution in [1.82, 2.24) is 4.98 Å². The molecule has 0 unspecified atom stereocenters. The van der Waals surface area contributed by atoms with Gasteiger partial charge in [-0.15, -0.1) is 0 Å². The first-order valence-electron chi connectivity index (χ1n) is 6.55. The van der Waals surface area contributed by atoms with Gasteiger partial charge in [-0.05, 0) is 36.8 Å². The monoisotopic (exact) mass is 315 g/mol. The molecule has 5 heteroatoms. The molecule has 0 fully saturated rings. The van der Waals surface area contributed by atoms with Crippen LogP contribution in [0.15, 0.2) is 42.6 Å². The second kappa shape index (κ2) is 5.39. The summed E-state index contributed by atoms with van der Waals surface area (Å²) in [5.74, 6) is -1.47. The van der Waals surface area contributed by atoms with E-state index in [0.717, 1.165) is 5.56 Å². The third-order valence-electron chi connectivity index (χ3n) is 3.46. The number of pyridine rings is 1. The molecule has 1 aromatic heterocycles. The first-order valence-corrected chi connectivity index (χ1v) is 6.93. The van der Waals surface area contributed by atoms with Crippen LogP contribution < -0.4 is 0 Å². The van der Waals surface area contributed by atoms with Crippen molar-refractivity contribution in [3.8, 4) is 11.1 Å². The van der Waals surface area contributed by atoms with Crippen LogP contribution >= 0.6 is 11.6 Å². The van der Waals surface area contributed by atoms with E-state index >= 15 is 0 Å². The van der Waals surface area contributed by atoms with E-state index in [9.17, 15) is 9.18 Å². The van der Waals surface area contributed by atoms with E-state index in [1.165, 1.54) is 24.4 Å². The van der Waals surface area contributed by atoms with Crippen molar-refractivity contribution in [2.75, 3.05) is 0 Å². The Balaban J connectivity index is 2.38. The van der Waals surface area contributed by atoms with Crippen molar-refractivity contribution in [1.29, 1.82) is 0 Å². The van der Waals surface area contributed by atoms with Gasteiger partial charge in [-0.2, -0.15) is 0 Å². The summed E-state index contributed by atoms with van der Waals surface area (Å²) in [4.78, 5) is 15.3. The molecule has 0 saturated carbocycles. The van der Waals surface area contributed by atoms with Gasteiger partial charge in [0.05, 0.1) is 16.1 Å². The van der Waals surface area contributed by atoms with Crippen LogP contribution in [0, 0.1) is 12.7 Å². The summed E-state index contributed by atoms with van der Waals surface area (Å²) in [6, 6.07) is 9.34. The minimum Gasteiger partial charge on any atom is -0.478 e. The van der Waals surface area contributed by atoms with Crippen LogP contribution in [0.4, 0.5) is 4.39 Å². The number of aromatic carboxylic acids is 1. The van der Waals surface area contributed by atoms with Gasteiger partial charge >= 0.3 is 5.97 Å². The molecule has 0 amide bonds. The predicted molar refractivity (Wildman–Crippen MR) is 83.8 cm³/mol. The Bertz CT molecular complexity index is 909. The average molecular weight is 316 g/mol. The molecule has 0 bridgehead atoms. The fourth-order valence-corrected chi connectivity index (χ4v) is 2.65. The van der Waals surface area contributed by atoms with E-state index in [-0.39, 0.29) is 10.6 Å². The smallest absolute Gasteiger partial charge is 0.335 e. The summed E-state index contributed by atoms with van der Waals surface area (Å²) in [6.45, 7) is 1.79. The lowest BCUT2D eigenvalue weighted by molar-refractivity contribution is 0.0697. The van der Waals surface area contributed by atoms with Gasteiger partial charge in [0.2, 0.25) is 0 Å². The largest absolute Gasteiger partial charge is 0.478 e. The highest BCUT2D eigenvalue weighted by Crippen LogP contribution is 2.36. The summed E-state index contributed by atoms with van der Waals surface area (Å²) in [6.07, 6.45) is 1.44. The van der Waals surface area contributed by atoms with Crippen LogP contribution in [-0.4, -0.2) is 16.1 Å². The highest BCUT2D eigenvalue weighted by molar-refractivity contribution is 6.34. The van der Waals surface area contributed by atoms with E-state index < -0.39 is 11.8 Å². The molecular formula is C17H11ClFNO2. The maximum atomic E-state index is 14.3. The van der Waals surface area contributed by atoms with Crippen molar-refractivity contribution < 1.29 is 14.3 Å². The van der Waals surface area contributed by atoms with Gasteiger partial charge in [0.25, 0.3) is 0 Å². The maximum absolute atomic E-state index is 14.3. The highest BCUT2D eigenvalue weighted by Gasteiger charge is 2.15. The molecule has 0 saturated heterocycles. The van der Waals surface area contributed by atoms with Gasteiger partial charge in [0, 0.05) is 22.7 Å². The molecule has 3 aromatic rings. The molecule has 1 N–H and O–H groups in total. The first-order chi connectivity index (χ1) is 10.5. The van der Waals surface area contributed by atoms with Crippen molar-refractivity contribution in [3.63, 3.8) is 0 Å². The number of carboxylic acid groups (broad SMARTS) is 1. The molecule has 3 nitrogen and oxygen atoms in total. The molecule has 1 heterocycles. The Kier molecular flexibility index (Phi) is 3.54. The lowest BCUT2D eigenvalue weighted by Crippen LogP contribution is -1.97. The molecule has 3 rings (SSSR count). The molecule has 22 heavy (non-hydrogen) atoms. The lowest BCUT2D eigenvalue weighted by Gasteiger charge is -2.11. The van der Waals surface area contributed by atoms with Crippen LogP contribution in [0.5, 0.6) is 0 Å². The number of nitrogens with zero attached hydrogens (tertiary/aromatic N) is 1. The van der Waals surface area contributed by atoms with Crippen LogP contribution in [0.2, 0.25) is 5.02 Å². The van der Waals surface area contributed by atoms with Gasteiger partial charge in [-0.1, -0.05) is 23.7 Å². The van der Waals surface area contributed by atoms with Crippen molar-refractivity contribution in [2.45, 2.75) is 6.92 Å². The molecule has 110 valence electrons. The number of carboxylic acids is 1. The van der Waals surface area contributed by atoms with E-state index in [1.54, 1.807) is 25.1 Å². The van der Waals surface area contributed by atoms with Crippen molar-refractivity contribution >= 4 is 28.5 Å². The Morgan fingerprint density at radius 1 is 1.23 bits per heavy atom. The van der Waals surface area contributed by atoms with Gasteiger partial charge < -0.3 is 5.11 Å². The molecular weight excluding hydrogens is 305 g/mol. The lowest BCUT2D eigenvalue weighted by atomic mass is 9.98. The van der Waals surface area contributed by atoms with Crippen LogP contribution in [0.3, 0.4) is 0 Å². The predicted octanol–water partition coefficient (Wildman–Crippen LogP) is 4.70. The Morgan fingerprint density at radius 2 is 2.00 bits per heavy atom.